The number of ether oxygens (including phenoxy) is 1. The fourth-order valence-electron chi connectivity index (χ4n) is 0.811. The van der Waals surface area contributed by atoms with E-state index in [1.54, 1.807) is 14.1 Å². The summed E-state index contributed by atoms with van der Waals surface area (Å²) in [6, 6.07) is 0. The predicted octanol–water partition coefficient (Wildman–Crippen LogP) is 0.248. The molecule has 0 aliphatic carbocycles. The third kappa shape index (κ3) is 4.49. The lowest BCUT2D eigenvalue weighted by atomic mass is 10.4. The molecular weight excluding hydrogens is 182 g/mol. The molecule has 0 aliphatic heterocycles. The van der Waals surface area contributed by atoms with Crippen molar-refractivity contribution in [2.24, 2.45) is 4.99 Å². The Balaban J connectivity index is 4.31. The Hall–Kier alpha value is -1.52. The van der Waals surface area contributed by atoms with Crippen molar-refractivity contribution >= 4 is 12.3 Å². The minimum Gasteiger partial charge on any atom is -0.426 e. The summed E-state index contributed by atoms with van der Waals surface area (Å²) in [5.41, 5.74) is 1.01. The van der Waals surface area contributed by atoms with Gasteiger partial charge in [-0.05, 0) is 19.4 Å². The van der Waals surface area contributed by atoms with Crippen molar-refractivity contribution in [1.29, 1.82) is 0 Å². The third-order valence-corrected chi connectivity index (χ3v) is 1.49. The van der Waals surface area contributed by atoms with E-state index >= 15 is 0 Å². The van der Waals surface area contributed by atoms with Crippen LogP contribution in [0.1, 0.15) is 13.8 Å². The van der Waals surface area contributed by atoms with Crippen molar-refractivity contribution in [2.45, 2.75) is 13.8 Å². The van der Waals surface area contributed by atoms with Crippen LogP contribution in [0.3, 0.4) is 0 Å². The first-order chi connectivity index (χ1) is 6.65. The number of carbonyl (C=O) groups excluding carboxylic acids is 1. The Bertz CT molecular complexity index is 242. The normalized spacial score (nSPS) is 10.4. The quantitative estimate of drug-likeness (QED) is 0.289. The molecule has 80 valence electrons. The van der Waals surface area contributed by atoms with Gasteiger partial charge in [-0.25, -0.2) is 0 Å². The molecule has 0 radical (unpaired) electrons. The van der Waals surface area contributed by atoms with Gasteiger partial charge in [0.25, 0.3) is 0 Å². The van der Waals surface area contributed by atoms with Gasteiger partial charge in [-0.15, -0.1) is 0 Å². The van der Waals surface area contributed by atoms with Gasteiger partial charge in [0.05, 0.1) is 6.54 Å². The van der Waals surface area contributed by atoms with Crippen LogP contribution in [0.5, 0.6) is 0 Å². The maximum absolute atomic E-state index is 10.1. The van der Waals surface area contributed by atoms with Gasteiger partial charge in [0.15, 0.2) is 5.88 Å². The summed E-state index contributed by atoms with van der Waals surface area (Å²) < 4.78 is 5.41. The van der Waals surface area contributed by atoms with Crippen LogP contribution in [0.2, 0.25) is 0 Å². The van der Waals surface area contributed by atoms with Gasteiger partial charge in [-0.1, -0.05) is 0 Å². The highest BCUT2D eigenvalue weighted by Crippen LogP contribution is 2.01. The van der Waals surface area contributed by atoms with E-state index in [9.17, 15) is 4.79 Å². The Kier molecular flexibility index (Phi) is 6.19. The molecule has 0 atom stereocenters. The van der Waals surface area contributed by atoms with Gasteiger partial charge < -0.3 is 15.4 Å². The van der Waals surface area contributed by atoms with E-state index in [2.05, 4.69) is 15.6 Å². The van der Waals surface area contributed by atoms with Crippen molar-refractivity contribution in [1.82, 2.24) is 10.6 Å². The van der Waals surface area contributed by atoms with E-state index in [1.165, 1.54) is 0 Å². The number of aliphatic imine (C=N–C) groups is 1. The summed E-state index contributed by atoms with van der Waals surface area (Å²) in [5.74, 6) is 1.11. The first kappa shape index (κ1) is 12.5. The lowest BCUT2D eigenvalue weighted by molar-refractivity contribution is -0.109. The standard InChI is InChI=1S/C9H17N3O2/c1-7(2)9(11-4)14-8(10-3)5-12-6-13/h6,11H,5H2,1-4H3,(H,12,13). The van der Waals surface area contributed by atoms with E-state index < -0.39 is 0 Å². The zero-order valence-corrected chi connectivity index (χ0v) is 9.05. The molecule has 0 bridgehead atoms. The topological polar surface area (TPSA) is 62.7 Å². The summed E-state index contributed by atoms with van der Waals surface area (Å²) in [7, 11) is 3.38. The van der Waals surface area contributed by atoms with Crippen molar-refractivity contribution in [2.75, 3.05) is 20.6 Å². The number of hydrogen-bond acceptors (Lipinski definition) is 4. The monoisotopic (exact) mass is 199 g/mol. The summed E-state index contributed by atoms with van der Waals surface area (Å²) >= 11 is 0. The molecule has 0 aromatic rings. The largest absolute Gasteiger partial charge is 0.426 e. The first-order valence-corrected chi connectivity index (χ1v) is 4.31. The second-order valence-electron chi connectivity index (χ2n) is 2.80. The Morgan fingerprint density at radius 3 is 2.50 bits per heavy atom. The van der Waals surface area contributed by atoms with Gasteiger partial charge in [0.1, 0.15) is 0 Å². The molecular formula is C9H17N3O2. The summed E-state index contributed by atoms with van der Waals surface area (Å²) in [6.07, 6.45) is 0.607. The Labute approximate surface area is 84.2 Å². The van der Waals surface area contributed by atoms with Crippen LogP contribution in [-0.4, -0.2) is 32.9 Å². The maximum Gasteiger partial charge on any atom is 0.211 e. The van der Waals surface area contributed by atoms with Crippen LogP contribution in [0, 0.1) is 0 Å². The number of hydrogen-bond donors (Lipinski definition) is 2. The van der Waals surface area contributed by atoms with Crippen LogP contribution in [0.4, 0.5) is 0 Å². The van der Waals surface area contributed by atoms with Crippen LogP contribution in [0.25, 0.3) is 0 Å². The van der Waals surface area contributed by atoms with Crippen molar-refractivity contribution in [3.8, 4) is 0 Å². The van der Waals surface area contributed by atoms with E-state index in [-0.39, 0.29) is 0 Å². The lowest BCUT2D eigenvalue weighted by Crippen LogP contribution is -2.26. The molecule has 14 heavy (non-hydrogen) atoms. The molecule has 0 heterocycles. The zero-order valence-electron chi connectivity index (χ0n) is 9.05. The van der Waals surface area contributed by atoms with Crippen LogP contribution in [-0.2, 0) is 9.53 Å². The zero-order chi connectivity index (χ0) is 11.0. The molecule has 0 saturated carbocycles. The maximum atomic E-state index is 10.1. The van der Waals surface area contributed by atoms with Crippen molar-refractivity contribution in [3.63, 3.8) is 0 Å². The van der Waals surface area contributed by atoms with Crippen molar-refractivity contribution < 1.29 is 9.53 Å². The van der Waals surface area contributed by atoms with Gasteiger partial charge in [0, 0.05) is 14.1 Å². The third-order valence-electron chi connectivity index (χ3n) is 1.49. The van der Waals surface area contributed by atoms with E-state index in [0.717, 1.165) is 5.57 Å². The Morgan fingerprint density at radius 1 is 1.50 bits per heavy atom. The second kappa shape index (κ2) is 6.94. The minimum atomic E-state index is 0.290. The molecule has 0 aliphatic rings. The first-order valence-electron chi connectivity index (χ1n) is 4.31. The van der Waals surface area contributed by atoms with Crippen LogP contribution < -0.4 is 10.6 Å². The van der Waals surface area contributed by atoms with E-state index in [0.29, 0.717) is 24.7 Å². The summed E-state index contributed by atoms with van der Waals surface area (Å²) in [5, 5.41) is 5.38. The molecule has 0 saturated heterocycles. The SMILES string of the molecule is CN=C(CNC=O)OC(NC)=C(C)C. The fraction of sp³-hybridized carbons (Fsp3) is 0.556. The highest BCUT2D eigenvalue weighted by Gasteiger charge is 2.03. The van der Waals surface area contributed by atoms with Gasteiger partial charge in [0.2, 0.25) is 12.3 Å². The smallest absolute Gasteiger partial charge is 0.211 e. The Morgan fingerprint density at radius 2 is 2.14 bits per heavy atom. The van der Waals surface area contributed by atoms with E-state index in [1.807, 2.05) is 13.8 Å². The van der Waals surface area contributed by atoms with Gasteiger partial charge >= 0.3 is 0 Å². The number of rotatable bonds is 5. The van der Waals surface area contributed by atoms with E-state index in [4.69, 9.17) is 4.74 Å². The number of allylic oxidation sites excluding steroid dienone is 1. The molecule has 2 N–H and O–H groups in total. The highest BCUT2D eigenvalue weighted by molar-refractivity contribution is 5.80. The predicted molar refractivity (Wildman–Crippen MR) is 55.9 cm³/mol. The molecule has 0 rings (SSSR count). The molecule has 5 nitrogen and oxygen atoms in total. The van der Waals surface area contributed by atoms with Crippen LogP contribution >= 0.6 is 0 Å². The number of amides is 1. The van der Waals surface area contributed by atoms with Gasteiger partial charge in [-0.2, -0.15) is 0 Å². The molecule has 0 spiro atoms. The molecule has 0 aromatic carbocycles. The molecule has 5 heteroatoms. The summed E-state index contributed by atoms with van der Waals surface area (Å²) in [4.78, 5) is 14.0. The van der Waals surface area contributed by atoms with Gasteiger partial charge in [-0.3, -0.25) is 9.79 Å². The number of carbonyl (C=O) groups is 1. The van der Waals surface area contributed by atoms with Crippen LogP contribution in [0.15, 0.2) is 16.4 Å². The molecule has 1 amide bonds. The fourth-order valence-corrected chi connectivity index (χ4v) is 0.811. The average Bonchev–Trinajstić information content (AvgIpc) is 2.18. The lowest BCUT2D eigenvalue weighted by Gasteiger charge is -2.12. The highest BCUT2D eigenvalue weighted by atomic mass is 16.5. The average molecular weight is 199 g/mol. The minimum absolute atomic E-state index is 0.290. The second-order valence-corrected chi connectivity index (χ2v) is 2.80. The molecule has 0 fully saturated rings. The summed E-state index contributed by atoms with van der Waals surface area (Å²) in [6.45, 7) is 4.14. The van der Waals surface area contributed by atoms with Crippen molar-refractivity contribution in [3.05, 3.63) is 11.5 Å². The molecule has 0 aromatic heterocycles. The number of nitrogens with zero attached hydrogens (tertiary/aromatic N) is 1. The number of nitrogens with one attached hydrogen (secondary N) is 2. The molecule has 0 unspecified atom stereocenters.